The number of aliphatic carboxylic acids is 1. The molecule has 2 rings (SSSR count). The van der Waals surface area contributed by atoms with Crippen molar-refractivity contribution in [2.45, 2.75) is 39.2 Å². The highest BCUT2D eigenvalue weighted by atomic mass is 16.6. The second-order valence-electron chi connectivity index (χ2n) is 5.48. The van der Waals surface area contributed by atoms with Gasteiger partial charge in [0.1, 0.15) is 5.69 Å². The van der Waals surface area contributed by atoms with Crippen LogP contribution in [-0.4, -0.2) is 31.8 Å². The lowest BCUT2D eigenvalue weighted by Gasteiger charge is -2.28. The van der Waals surface area contributed by atoms with Crippen molar-refractivity contribution < 1.29 is 14.8 Å². The van der Waals surface area contributed by atoms with Crippen molar-refractivity contribution in [3.05, 3.63) is 15.8 Å². The zero-order valence-corrected chi connectivity index (χ0v) is 11.7. The molecule has 1 aliphatic carbocycles. The van der Waals surface area contributed by atoms with Crippen LogP contribution in [0.2, 0.25) is 0 Å². The first-order valence-corrected chi connectivity index (χ1v) is 6.45. The summed E-state index contributed by atoms with van der Waals surface area (Å²) in [6.07, 6.45) is 2.01. The highest BCUT2D eigenvalue weighted by Crippen LogP contribution is 2.41. The molecule has 1 aliphatic rings. The van der Waals surface area contributed by atoms with Gasteiger partial charge in [0.15, 0.2) is 0 Å². The van der Waals surface area contributed by atoms with E-state index >= 15 is 0 Å². The van der Waals surface area contributed by atoms with E-state index in [4.69, 9.17) is 0 Å². The minimum Gasteiger partial charge on any atom is -0.481 e. The summed E-state index contributed by atoms with van der Waals surface area (Å²) in [4.78, 5) is 22.1. The Morgan fingerprint density at radius 2 is 2.30 bits per heavy atom. The molecule has 1 saturated carbocycles. The second kappa shape index (κ2) is 4.77. The number of carboxylic acid groups (broad SMARTS) is 1. The Balaban J connectivity index is 2.35. The van der Waals surface area contributed by atoms with E-state index in [-0.39, 0.29) is 17.5 Å². The molecular formula is C12H18N4O4. The van der Waals surface area contributed by atoms with Crippen LogP contribution in [0.5, 0.6) is 0 Å². The molecule has 0 aliphatic heterocycles. The van der Waals surface area contributed by atoms with Crippen molar-refractivity contribution in [3.8, 4) is 0 Å². The van der Waals surface area contributed by atoms with Crippen LogP contribution in [0.1, 0.15) is 31.9 Å². The summed E-state index contributed by atoms with van der Waals surface area (Å²) in [5.74, 6) is -0.610. The lowest BCUT2D eigenvalue weighted by Crippen LogP contribution is -2.40. The zero-order valence-electron chi connectivity index (χ0n) is 11.7. The third-order valence-electron chi connectivity index (χ3n) is 4.13. The molecule has 8 nitrogen and oxygen atoms in total. The maximum Gasteiger partial charge on any atom is 0.333 e. The Kier molecular flexibility index (Phi) is 3.41. The quantitative estimate of drug-likeness (QED) is 0.642. The van der Waals surface area contributed by atoms with E-state index in [0.717, 1.165) is 6.42 Å². The van der Waals surface area contributed by atoms with Crippen molar-refractivity contribution in [1.82, 2.24) is 9.78 Å². The summed E-state index contributed by atoms with van der Waals surface area (Å²) >= 11 is 0. The largest absolute Gasteiger partial charge is 0.481 e. The van der Waals surface area contributed by atoms with E-state index < -0.39 is 16.3 Å². The number of nitro groups is 1. The van der Waals surface area contributed by atoms with Gasteiger partial charge < -0.3 is 10.4 Å². The minimum absolute atomic E-state index is 0.0906. The van der Waals surface area contributed by atoms with Gasteiger partial charge in [-0.1, -0.05) is 6.42 Å². The van der Waals surface area contributed by atoms with E-state index in [9.17, 15) is 20.0 Å². The molecule has 0 amide bonds. The average molecular weight is 282 g/mol. The molecule has 1 heterocycles. The number of anilines is 1. The van der Waals surface area contributed by atoms with Gasteiger partial charge in [-0.15, -0.1) is 0 Å². The van der Waals surface area contributed by atoms with Crippen molar-refractivity contribution >= 4 is 17.5 Å². The molecule has 0 bridgehead atoms. The summed E-state index contributed by atoms with van der Waals surface area (Å²) in [6.45, 7) is 3.24. The van der Waals surface area contributed by atoms with Crippen LogP contribution in [0.3, 0.4) is 0 Å². The number of nitrogens with zero attached hydrogens (tertiary/aromatic N) is 3. The molecule has 8 heteroatoms. The molecule has 2 atom stereocenters. The molecule has 110 valence electrons. The number of rotatable bonds is 4. The van der Waals surface area contributed by atoms with Gasteiger partial charge in [-0.3, -0.25) is 14.9 Å². The lowest BCUT2D eigenvalue weighted by molar-refractivity contribution is -0.384. The van der Waals surface area contributed by atoms with Crippen LogP contribution >= 0.6 is 0 Å². The molecular weight excluding hydrogens is 264 g/mol. The van der Waals surface area contributed by atoms with Gasteiger partial charge in [0.2, 0.25) is 5.82 Å². The highest BCUT2D eigenvalue weighted by Gasteiger charge is 2.46. The molecule has 1 aromatic rings. The maximum atomic E-state index is 11.4. The van der Waals surface area contributed by atoms with E-state index in [2.05, 4.69) is 10.4 Å². The molecule has 2 N–H and O–H groups in total. The molecule has 1 fully saturated rings. The fourth-order valence-corrected chi connectivity index (χ4v) is 2.85. The van der Waals surface area contributed by atoms with Gasteiger partial charge in [-0.2, -0.15) is 5.10 Å². The van der Waals surface area contributed by atoms with E-state index in [1.165, 1.54) is 4.68 Å². The summed E-state index contributed by atoms with van der Waals surface area (Å²) in [7, 11) is 1.61. The first-order chi connectivity index (χ1) is 9.27. The monoisotopic (exact) mass is 282 g/mol. The van der Waals surface area contributed by atoms with Crippen LogP contribution in [0.15, 0.2) is 0 Å². The van der Waals surface area contributed by atoms with Gasteiger partial charge in [0.05, 0.1) is 10.3 Å². The van der Waals surface area contributed by atoms with Crippen LogP contribution in [-0.2, 0) is 11.8 Å². The Hall–Kier alpha value is -2.12. The summed E-state index contributed by atoms with van der Waals surface area (Å²) in [6, 6.07) is -0.339. The third kappa shape index (κ3) is 2.10. The number of nitrogens with one attached hydrogen (secondary N) is 1. The molecule has 0 spiro atoms. The molecule has 0 aromatic carbocycles. The predicted molar refractivity (Wildman–Crippen MR) is 71.6 cm³/mol. The van der Waals surface area contributed by atoms with Gasteiger partial charge in [0, 0.05) is 13.1 Å². The Morgan fingerprint density at radius 3 is 2.85 bits per heavy atom. The number of carbonyl (C=O) groups is 1. The third-order valence-corrected chi connectivity index (χ3v) is 4.13. The minimum atomic E-state index is -0.911. The van der Waals surface area contributed by atoms with Gasteiger partial charge in [-0.25, -0.2) is 4.68 Å². The molecule has 2 unspecified atom stereocenters. The van der Waals surface area contributed by atoms with Crippen LogP contribution < -0.4 is 5.32 Å². The standard InChI is InChI=1S/C12H18N4O4/c1-7-9(16(19)20)10(15(3)14-7)13-8-5-4-6-12(8,2)11(17)18/h8,13H,4-6H2,1-3H3,(H,17,18). The van der Waals surface area contributed by atoms with Crippen LogP contribution in [0.4, 0.5) is 11.5 Å². The lowest BCUT2D eigenvalue weighted by atomic mass is 9.85. The topological polar surface area (TPSA) is 110 Å². The van der Waals surface area contributed by atoms with Crippen LogP contribution in [0, 0.1) is 22.5 Å². The Bertz CT molecular complexity index is 568. The maximum absolute atomic E-state index is 11.4. The molecule has 0 saturated heterocycles. The van der Waals surface area contributed by atoms with E-state index in [0.29, 0.717) is 18.5 Å². The molecule has 1 aromatic heterocycles. The zero-order chi connectivity index (χ0) is 15.1. The Morgan fingerprint density at radius 1 is 1.65 bits per heavy atom. The number of aromatic nitrogens is 2. The second-order valence-corrected chi connectivity index (χ2v) is 5.48. The fraction of sp³-hybridized carbons (Fsp3) is 0.667. The highest BCUT2D eigenvalue weighted by molar-refractivity contribution is 5.77. The smallest absolute Gasteiger partial charge is 0.333 e. The predicted octanol–water partition coefficient (Wildman–Crippen LogP) is 1.69. The SMILES string of the molecule is Cc1nn(C)c(NC2CCCC2(C)C(=O)O)c1[N+](=O)[O-]. The summed E-state index contributed by atoms with van der Waals surface area (Å²) in [5, 5.41) is 27.6. The van der Waals surface area contributed by atoms with Crippen molar-refractivity contribution in [2.24, 2.45) is 12.5 Å². The van der Waals surface area contributed by atoms with E-state index in [1.807, 2.05) is 0 Å². The number of hydrogen-bond donors (Lipinski definition) is 2. The molecule has 20 heavy (non-hydrogen) atoms. The summed E-state index contributed by atoms with van der Waals surface area (Å²) in [5.41, 5.74) is -0.686. The van der Waals surface area contributed by atoms with Gasteiger partial charge in [-0.05, 0) is 26.7 Å². The van der Waals surface area contributed by atoms with Gasteiger partial charge >= 0.3 is 11.7 Å². The van der Waals surface area contributed by atoms with Crippen molar-refractivity contribution in [1.29, 1.82) is 0 Å². The fourth-order valence-electron chi connectivity index (χ4n) is 2.85. The van der Waals surface area contributed by atoms with Crippen molar-refractivity contribution in [3.63, 3.8) is 0 Å². The summed E-state index contributed by atoms with van der Waals surface area (Å²) < 4.78 is 1.40. The number of carboxylic acids is 1. The Labute approximate surface area is 115 Å². The first kappa shape index (κ1) is 14.3. The van der Waals surface area contributed by atoms with Crippen molar-refractivity contribution in [2.75, 3.05) is 5.32 Å². The van der Waals surface area contributed by atoms with Crippen LogP contribution in [0.25, 0.3) is 0 Å². The van der Waals surface area contributed by atoms with Gasteiger partial charge in [0.25, 0.3) is 0 Å². The molecule has 0 radical (unpaired) electrons. The number of aryl methyl sites for hydroxylation is 2. The number of hydrogen-bond acceptors (Lipinski definition) is 5. The van der Waals surface area contributed by atoms with E-state index in [1.54, 1.807) is 20.9 Å². The average Bonchev–Trinajstić information content (AvgIpc) is 2.82. The first-order valence-electron chi connectivity index (χ1n) is 6.45. The normalized spacial score (nSPS) is 25.6.